The topological polar surface area (TPSA) is 113 Å². The predicted octanol–water partition coefficient (Wildman–Crippen LogP) is 5.28. The zero-order valence-corrected chi connectivity index (χ0v) is 28.8. The summed E-state index contributed by atoms with van der Waals surface area (Å²) in [7, 11) is 4.04. The van der Waals surface area contributed by atoms with Crippen molar-refractivity contribution in [2.24, 2.45) is 16.2 Å². The highest BCUT2D eigenvalue weighted by atomic mass is 32.2. The molecule has 2 unspecified atom stereocenters. The number of carbonyl (C=O) groups is 1. The Labute approximate surface area is 250 Å². The molecule has 0 aromatic heterocycles. The Hall–Kier alpha value is -1.23. The van der Waals surface area contributed by atoms with Crippen molar-refractivity contribution in [2.45, 2.75) is 128 Å². The van der Waals surface area contributed by atoms with Crippen LogP contribution in [-0.2, 0) is 44.0 Å². The number of ether oxygens (including phenoxy) is 5. The highest BCUT2D eigenvalue weighted by Gasteiger charge is 2.49. The normalized spacial score (nSPS) is 30.0. The van der Waals surface area contributed by atoms with Gasteiger partial charge in [-0.15, -0.1) is 0 Å². The van der Waals surface area contributed by atoms with E-state index in [1.165, 1.54) is 0 Å². The van der Waals surface area contributed by atoms with Crippen LogP contribution in [0.15, 0.2) is 15.7 Å². The van der Waals surface area contributed by atoms with Gasteiger partial charge in [0.15, 0.2) is 14.8 Å². The lowest BCUT2D eigenvalue weighted by Gasteiger charge is -2.47. The molecule has 12 heteroatoms. The van der Waals surface area contributed by atoms with Crippen molar-refractivity contribution < 1.29 is 37.3 Å². The maximum atomic E-state index is 12.8. The molecule has 1 fully saturated rings. The van der Waals surface area contributed by atoms with Crippen LogP contribution in [0.25, 0.3) is 0 Å². The summed E-state index contributed by atoms with van der Waals surface area (Å²) in [6.07, 6.45) is 1.21. The lowest BCUT2D eigenvalue weighted by atomic mass is 9.80. The number of nitrogens with zero attached hydrogens (tertiary/aromatic N) is 2. The van der Waals surface area contributed by atoms with Gasteiger partial charge in [-0.3, -0.25) is 4.57 Å². The van der Waals surface area contributed by atoms with Crippen molar-refractivity contribution in [1.82, 2.24) is 4.90 Å². The van der Waals surface area contributed by atoms with Crippen LogP contribution in [0.5, 0.6) is 0 Å². The summed E-state index contributed by atoms with van der Waals surface area (Å²) >= 11 is 0. The van der Waals surface area contributed by atoms with Crippen molar-refractivity contribution in [2.75, 3.05) is 21.2 Å². The summed E-state index contributed by atoms with van der Waals surface area (Å²) < 4.78 is 59.8. The third kappa shape index (κ3) is 9.13. The fourth-order valence-electron chi connectivity index (χ4n) is 5.37. The van der Waals surface area contributed by atoms with Crippen LogP contribution < -0.4 is 0 Å². The maximum Gasteiger partial charge on any atom is 0.340 e. The van der Waals surface area contributed by atoms with Crippen molar-refractivity contribution in [3.63, 3.8) is 0 Å². The molecule has 0 bridgehead atoms. The van der Waals surface area contributed by atoms with Gasteiger partial charge >= 0.3 is 5.97 Å². The second kappa shape index (κ2) is 14.0. The van der Waals surface area contributed by atoms with Crippen LogP contribution in [-0.4, -0.2) is 88.8 Å². The van der Waals surface area contributed by atoms with Crippen LogP contribution in [0.4, 0.5) is 0 Å². The fraction of sp³-hybridized carbons (Fsp3) is 0.862. The molecule has 10 nitrogen and oxygen atoms in total. The summed E-state index contributed by atoms with van der Waals surface area (Å²) in [6.45, 7) is 18.5. The van der Waals surface area contributed by atoms with Gasteiger partial charge in [0.1, 0.15) is 22.4 Å². The van der Waals surface area contributed by atoms with Gasteiger partial charge in [-0.05, 0) is 74.4 Å². The average Bonchev–Trinajstić information content (AvgIpc) is 2.86. The van der Waals surface area contributed by atoms with Gasteiger partial charge in [0, 0.05) is 39.1 Å². The molecule has 0 aromatic rings. The van der Waals surface area contributed by atoms with Gasteiger partial charge in [0.2, 0.25) is 5.79 Å². The molecule has 2 aliphatic heterocycles. The number of rotatable bonds is 12. The average molecular weight is 619 g/mol. The van der Waals surface area contributed by atoms with Crippen molar-refractivity contribution in [3.05, 3.63) is 11.3 Å². The Morgan fingerprint density at radius 3 is 2.34 bits per heavy atom. The van der Waals surface area contributed by atoms with E-state index in [-0.39, 0.29) is 26.5 Å². The van der Waals surface area contributed by atoms with Crippen LogP contribution in [0, 0.1) is 11.8 Å². The van der Waals surface area contributed by atoms with Crippen molar-refractivity contribution >= 4 is 31.6 Å². The molecule has 2 aliphatic rings. The van der Waals surface area contributed by atoms with Crippen LogP contribution in [0.2, 0.25) is 0 Å². The molecular weight excluding hydrogens is 567 g/mol. The molecule has 0 aromatic carbocycles. The molecule has 1 saturated heterocycles. The summed E-state index contributed by atoms with van der Waals surface area (Å²) in [5, 5.41) is 0. The Bertz CT molecular complexity index is 1030. The summed E-state index contributed by atoms with van der Waals surface area (Å²) in [4.78, 5) is 14.8. The second-order valence-electron chi connectivity index (χ2n) is 13.2. The number of carbonyl (C=O) groups excluding carboxylic acids is 1. The van der Waals surface area contributed by atoms with Gasteiger partial charge in [-0.1, -0.05) is 13.8 Å². The van der Waals surface area contributed by atoms with E-state index < -0.39 is 57.1 Å². The standard InChI is InChI=1S/C29H51N2O8PS/c1-17(16-30-41(34)27(5,6)7)15-29(10,35-13)24(19(3)22-20(4)25(32)39-28(8,9)38-22)37-26-23(40-33)21(31(11)12)14-18(2)36-26/h16-19,21,23-24,26H,14-15H2,1-13H3/b30-16+/t17-,18?,19+,21?,23-,24-,26+,29-,41+/m1/s1. The molecule has 41 heavy (non-hydrogen) atoms. The second-order valence-corrected chi connectivity index (χ2v) is 16.0. The Morgan fingerprint density at radius 2 is 1.83 bits per heavy atom. The monoisotopic (exact) mass is 618 g/mol. The Kier molecular flexibility index (Phi) is 12.3. The molecule has 0 amide bonds. The molecule has 0 radical (unpaired) electrons. The predicted molar refractivity (Wildman–Crippen MR) is 161 cm³/mol. The number of methoxy groups -OCH3 is 1. The van der Waals surface area contributed by atoms with Crippen LogP contribution in [0.1, 0.15) is 82.1 Å². The van der Waals surface area contributed by atoms with E-state index in [1.54, 1.807) is 34.1 Å². The molecule has 0 aliphatic carbocycles. The number of esters is 1. The third-order valence-corrected chi connectivity index (χ3v) is 9.84. The fourth-order valence-corrected chi connectivity index (χ4v) is 6.77. The quantitative estimate of drug-likeness (QED) is 0.164. The van der Waals surface area contributed by atoms with E-state index >= 15 is 0 Å². The van der Waals surface area contributed by atoms with E-state index in [1.807, 2.05) is 67.5 Å². The lowest BCUT2D eigenvalue weighted by molar-refractivity contribution is -0.265. The molecular formula is C29H51N2O8PS. The van der Waals surface area contributed by atoms with Gasteiger partial charge in [-0.2, -0.15) is 4.40 Å². The third-order valence-electron chi connectivity index (χ3n) is 7.65. The van der Waals surface area contributed by atoms with Gasteiger partial charge < -0.3 is 28.6 Å². The molecule has 236 valence electrons. The minimum atomic E-state index is -1.40. The number of hydrogen-bond acceptors (Lipinski definition) is 9. The molecule has 0 N–H and O–H groups in total. The van der Waals surface area contributed by atoms with E-state index in [2.05, 4.69) is 4.40 Å². The minimum absolute atomic E-state index is 0.0353. The Balaban J connectivity index is 2.56. The van der Waals surface area contributed by atoms with Crippen LogP contribution >= 0.6 is 8.46 Å². The molecule has 0 saturated carbocycles. The first-order valence-electron chi connectivity index (χ1n) is 14.2. The first-order valence-corrected chi connectivity index (χ1v) is 16.2. The first kappa shape index (κ1) is 36.0. The summed E-state index contributed by atoms with van der Waals surface area (Å²) in [6, 6.07) is -0.0353. The summed E-state index contributed by atoms with van der Waals surface area (Å²) in [5.74, 6) is -1.80. The largest absolute Gasteiger partial charge is 0.456 e. The SMILES string of the molecule is CO[C@](C)(C[C@@H](C)/C=N/[S@@](=O)C(C)(C)C)[C@H](O[C@@H]1OC(C)CC(N(C)C)[C@H]1P=O)[C@@H](C)C1=C(C)C(=O)OC(C)(C)O1. The lowest BCUT2D eigenvalue weighted by Crippen LogP contribution is -2.57. The first-order chi connectivity index (χ1) is 18.8. The van der Waals surface area contributed by atoms with E-state index in [0.29, 0.717) is 24.2 Å². The van der Waals surface area contributed by atoms with Gasteiger partial charge in [0.05, 0.1) is 28.1 Å². The highest BCUT2D eigenvalue weighted by molar-refractivity contribution is 7.85. The van der Waals surface area contributed by atoms with Gasteiger partial charge in [0.25, 0.3) is 0 Å². The number of cyclic esters (lactones) is 1. The molecule has 0 spiro atoms. The summed E-state index contributed by atoms with van der Waals surface area (Å²) in [5.41, 5.74) is -1.05. The molecule has 9 atom stereocenters. The smallest absolute Gasteiger partial charge is 0.340 e. The Morgan fingerprint density at radius 1 is 1.22 bits per heavy atom. The molecule has 2 heterocycles. The van der Waals surface area contributed by atoms with E-state index in [4.69, 9.17) is 23.7 Å². The van der Waals surface area contributed by atoms with Crippen LogP contribution in [0.3, 0.4) is 0 Å². The zero-order valence-electron chi connectivity index (χ0n) is 27.0. The van der Waals surface area contributed by atoms with E-state index in [9.17, 15) is 13.6 Å². The number of hydrogen-bond donors (Lipinski definition) is 0. The van der Waals surface area contributed by atoms with Crippen molar-refractivity contribution in [1.29, 1.82) is 0 Å². The van der Waals surface area contributed by atoms with E-state index in [0.717, 1.165) is 0 Å². The minimum Gasteiger partial charge on any atom is -0.456 e. The van der Waals surface area contributed by atoms with Gasteiger partial charge in [-0.25, -0.2) is 9.00 Å². The highest BCUT2D eigenvalue weighted by Crippen LogP contribution is 2.41. The zero-order chi connectivity index (χ0) is 31.5. The van der Waals surface area contributed by atoms with Crippen molar-refractivity contribution in [3.8, 4) is 0 Å². The maximum absolute atomic E-state index is 12.8. The molecule has 2 rings (SSSR count).